The predicted octanol–water partition coefficient (Wildman–Crippen LogP) is 2.50. The van der Waals surface area contributed by atoms with Crippen LogP contribution >= 0.6 is 0 Å². The molecular weight excluding hydrogens is 298 g/mol. The van der Waals surface area contributed by atoms with Crippen molar-refractivity contribution in [3.05, 3.63) is 23.8 Å². The fourth-order valence-electron chi connectivity index (χ4n) is 3.65. The highest BCUT2D eigenvalue weighted by Crippen LogP contribution is 2.40. The van der Waals surface area contributed by atoms with Crippen LogP contribution in [0, 0.1) is 17.6 Å². The van der Waals surface area contributed by atoms with Gasteiger partial charge in [0, 0.05) is 18.3 Å². The second-order valence-corrected chi connectivity index (χ2v) is 7.66. The molecule has 2 fully saturated rings. The van der Waals surface area contributed by atoms with E-state index in [0.717, 1.165) is 44.2 Å². The van der Waals surface area contributed by atoms with Crippen LogP contribution in [0.25, 0.3) is 0 Å². The molecule has 4 nitrogen and oxygen atoms in total. The van der Waals surface area contributed by atoms with E-state index < -0.39 is 26.6 Å². The number of anilines is 1. The number of benzene rings is 1. The van der Waals surface area contributed by atoms with Crippen molar-refractivity contribution in [2.45, 2.75) is 43.0 Å². The number of sulfonamides is 1. The van der Waals surface area contributed by atoms with Crippen LogP contribution < -0.4 is 5.73 Å². The molecule has 1 saturated heterocycles. The summed E-state index contributed by atoms with van der Waals surface area (Å²) in [6.07, 6.45) is 4.45. The van der Waals surface area contributed by atoms with Crippen molar-refractivity contribution < 1.29 is 17.2 Å². The third kappa shape index (κ3) is 2.42. The average molecular weight is 316 g/mol. The van der Waals surface area contributed by atoms with Crippen LogP contribution in [0.15, 0.2) is 17.0 Å². The Balaban J connectivity index is 2.04. The summed E-state index contributed by atoms with van der Waals surface area (Å²) >= 11 is 0. The highest BCUT2D eigenvalue weighted by atomic mass is 32.2. The Bertz CT molecular complexity index is 640. The third-order valence-electron chi connectivity index (χ3n) is 4.53. The molecule has 2 aliphatic rings. The first-order valence-corrected chi connectivity index (χ1v) is 8.61. The van der Waals surface area contributed by atoms with E-state index in [9.17, 15) is 17.2 Å². The Labute approximate surface area is 123 Å². The molecule has 2 N–H and O–H groups in total. The van der Waals surface area contributed by atoms with Gasteiger partial charge < -0.3 is 5.73 Å². The molecule has 0 amide bonds. The summed E-state index contributed by atoms with van der Waals surface area (Å²) in [4.78, 5) is -0.871. The fraction of sp³-hybridized carbons (Fsp3) is 0.571. The summed E-state index contributed by atoms with van der Waals surface area (Å²) in [5.74, 6) is -1.92. The van der Waals surface area contributed by atoms with Crippen molar-refractivity contribution in [2.24, 2.45) is 5.92 Å². The maximum atomic E-state index is 14.0. The van der Waals surface area contributed by atoms with E-state index >= 15 is 0 Å². The van der Waals surface area contributed by atoms with Gasteiger partial charge in [0.25, 0.3) is 0 Å². The summed E-state index contributed by atoms with van der Waals surface area (Å²) < 4.78 is 54.6. The van der Waals surface area contributed by atoms with Crippen molar-refractivity contribution in [1.29, 1.82) is 0 Å². The number of hydrogen-bond acceptors (Lipinski definition) is 3. The minimum absolute atomic E-state index is 0.124. The smallest absolute Gasteiger partial charge is 0.249 e. The van der Waals surface area contributed by atoms with Gasteiger partial charge in [-0.2, -0.15) is 4.31 Å². The number of halogens is 2. The SMILES string of the molecule is Nc1cc(F)c(S(=O)(=O)N2CCCC3CCCC32)c(F)c1. The van der Waals surface area contributed by atoms with Gasteiger partial charge in [-0.05, 0) is 43.7 Å². The lowest BCUT2D eigenvalue weighted by molar-refractivity contribution is 0.201. The number of rotatable bonds is 2. The van der Waals surface area contributed by atoms with Crippen LogP contribution in [0.2, 0.25) is 0 Å². The van der Waals surface area contributed by atoms with Crippen molar-refractivity contribution in [1.82, 2.24) is 4.31 Å². The first-order valence-electron chi connectivity index (χ1n) is 7.17. The van der Waals surface area contributed by atoms with Crippen LogP contribution in [0.3, 0.4) is 0 Å². The molecule has 0 spiro atoms. The summed E-state index contributed by atoms with van der Waals surface area (Å²) in [5.41, 5.74) is 5.22. The van der Waals surface area contributed by atoms with E-state index in [1.54, 1.807) is 0 Å². The minimum atomic E-state index is -4.17. The largest absolute Gasteiger partial charge is 0.399 e. The first-order chi connectivity index (χ1) is 9.91. The molecular formula is C14H18F2N2O2S. The van der Waals surface area contributed by atoms with Gasteiger partial charge in [-0.15, -0.1) is 0 Å². The number of nitrogens with two attached hydrogens (primary N) is 1. The maximum absolute atomic E-state index is 14.0. The predicted molar refractivity (Wildman–Crippen MR) is 75.0 cm³/mol. The Morgan fingerprint density at radius 2 is 1.71 bits per heavy atom. The summed E-state index contributed by atoms with van der Waals surface area (Å²) in [6, 6.07) is 1.58. The van der Waals surface area contributed by atoms with Crippen molar-refractivity contribution in [3.8, 4) is 0 Å². The standard InChI is InChI=1S/C14H18F2N2O2S/c15-11-7-10(17)8-12(16)14(11)21(19,20)18-6-2-4-9-3-1-5-13(9)18/h7-9,13H,1-6,17H2. The van der Waals surface area contributed by atoms with Crippen LogP contribution in [0.1, 0.15) is 32.1 Å². The molecule has 2 atom stereocenters. The molecule has 0 bridgehead atoms. The molecule has 0 aromatic heterocycles. The van der Waals surface area contributed by atoms with Crippen LogP contribution in [0.4, 0.5) is 14.5 Å². The van der Waals surface area contributed by atoms with Gasteiger partial charge >= 0.3 is 0 Å². The zero-order chi connectivity index (χ0) is 15.2. The fourth-order valence-corrected chi connectivity index (χ4v) is 5.50. The zero-order valence-electron chi connectivity index (χ0n) is 11.6. The Kier molecular flexibility index (Phi) is 3.65. The molecule has 1 aromatic rings. The first kappa shape index (κ1) is 14.7. The highest BCUT2D eigenvalue weighted by Gasteiger charge is 2.43. The zero-order valence-corrected chi connectivity index (χ0v) is 12.4. The van der Waals surface area contributed by atoms with E-state index in [1.807, 2.05) is 0 Å². The number of hydrogen-bond donors (Lipinski definition) is 1. The second-order valence-electron chi connectivity index (χ2n) is 5.83. The molecule has 116 valence electrons. The molecule has 7 heteroatoms. The molecule has 0 radical (unpaired) electrons. The van der Waals surface area contributed by atoms with Crippen molar-refractivity contribution in [2.75, 3.05) is 12.3 Å². The summed E-state index contributed by atoms with van der Waals surface area (Å²) in [7, 11) is -4.17. The van der Waals surface area contributed by atoms with E-state index in [4.69, 9.17) is 5.73 Å². The van der Waals surface area contributed by atoms with Crippen molar-refractivity contribution >= 4 is 15.7 Å². The normalized spacial score (nSPS) is 26.8. The summed E-state index contributed by atoms with van der Waals surface area (Å²) in [5, 5.41) is 0. The second kappa shape index (κ2) is 5.21. The Morgan fingerprint density at radius 1 is 1.10 bits per heavy atom. The minimum Gasteiger partial charge on any atom is -0.399 e. The molecule has 2 unspecified atom stereocenters. The summed E-state index contributed by atoms with van der Waals surface area (Å²) in [6.45, 7) is 0.326. The molecule has 3 rings (SSSR count). The number of nitrogen functional groups attached to an aromatic ring is 1. The lowest BCUT2D eigenvalue weighted by Crippen LogP contribution is -2.46. The van der Waals surface area contributed by atoms with Gasteiger partial charge in [0.1, 0.15) is 11.6 Å². The van der Waals surface area contributed by atoms with Gasteiger partial charge in [-0.25, -0.2) is 17.2 Å². The lowest BCUT2D eigenvalue weighted by Gasteiger charge is -2.36. The molecule has 21 heavy (non-hydrogen) atoms. The maximum Gasteiger partial charge on any atom is 0.249 e. The number of piperidine rings is 1. The monoisotopic (exact) mass is 316 g/mol. The van der Waals surface area contributed by atoms with E-state index in [-0.39, 0.29) is 11.7 Å². The Morgan fingerprint density at radius 3 is 2.38 bits per heavy atom. The number of nitrogens with zero attached hydrogens (tertiary/aromatic N) is 1. The van der Waals surface area contributed by atoms with E-state index in [1.165, 1.54) is 4.31 Å². The Hall–Kier alpha value is -1.21. The molecule has 1 heterocycles. The van der Waals surface area contributed by atoms with Gasteiger partial charge in [-0.3, -0.25) is 0 Å². The van der Waals surface area contributed by atoms with Gasteiger partial charge in [0.05, 0.1) is 0 Å². The molecule has 1 aromatic carbocycles. The average Bonchev–Trinajstić information content (AvgIpc) is 2.84. The lowest BCUT2D eigenvalue weighted by atomic mass is 9.94. The van der Waals surface area contributed by atoms with E-state index in [2.05, 4.69) is 0 Å². The van der Waals surface area contributed by atoms with Crippen LogP contribution in [-0.4, -0.2) is 25.3 Å². The van der Waals surface area contributed by atoms with Crippen molar-refractivity contribution in [3.63, 3.8) is 0 Å². The molecule has 1 aliphatic heterocycles. The number of fused-ring (bicyclic) bond motifs is 1. The quantitative estimate of drug-likeness (QED) is 0.853. The third-order valence-corrected chi connectivity index (χ3v) is 6.51. The molecule has 1 aliphatic carbocycles. The highest BCUT2D eigenvalue weighted by molar-refractivity contribution is 7.89. The van der Waals surface area contributed by atoms with Gasteiger partial charge in [-0.1, -0.05) is 6.42 Å². The topological polar surface area (TPSA) is 63.4 Å². The van der Waals surface area contributed by atoms with Crippen LogP contribution in [0.5, 0.6) is 0 Å². The van der Waals surface area contributed by atoms with Gasteiger partial charge in [0.2, 0.25) is 10.0 Å². The molecule has 1 saturated carbocycles. The van der Waals surface area contributed by atoms with Gasteiger partial charge in [0.15, 0.2) is 4.90 Å². The van der Waals surface area contributed by atoms with Crippen LogP contribution in [-0.2, 0) is 10.0 Å². The van der Waals surface area contributed by atoms with E-state index in [0.29, 0.717) is 12.5 Å².